The Labute approximate surface area is 220 Å². The van der Waals surface area contributed by atoms with Crippen molar-refractivity contribution in [1.29, 1.82) is 10.7 Å². The molecule has 9 nitrogen and oxygen atoms in total. The van der Waals surface area contributed by atoms with Crippen LogP contribution in [0.2, 0.25) is 0 Å². The number of nitriles is 1. The summed E-state index contributed by atoms with van der Waals surface area (Å²) in [6.45, 7) is 0.766. The van der Waals surface area contributed by atoms with E-state index in [4.69, 9.17) is 23.4 Å². The second-order valence-electron chi connectivity index (χ2n) is 7.29. The highest BCUT2D eigenvalue weighted by atomic mass is 35.5. The molecule has 1 atom stereocenters. The number of hydrogen-bond acceptors (Lipinski definition) is 6. The van der Waals surface area contributed by atoms with Crippen molar-refractivity contribution in [3.8, 4) is 24.3 Å². The molecule has 12 heteroatoms. The first kappa shape index (κ1) is 31.1. The summed E-state index contributed by atoms with van der Waals surface area (Å²) < 4.78 is 29.5. The van der Waals surface area contributed by atoms with Crippen LogP contribution in [0.3, 0.4) is 0 Å². The third-order valence-electron chi connectivity index (χ3n) is 4.83. The SMILES string of the molecule is C#C/C(=C\C=C(\Cl)CC)C(=N)C(CN=C(NC#N)Nc1cccc(OC(F)F)c1)N(CC)C(=O)CNC. The number of nitrogens with one attached hydrogen (secondary N) is 4. The fourth-order valence-electron chi connectivity index (χ4n) is 3.08. The third-order valence-corrected chi connectivity index (χ3v) is 5.22. The van der Waals surface area contributed by atoms with Gasteiger partial charge in [-0.05, 0) is 44.7 Å². The topological polar surface area (TPSA) is 126 Å². The molecule has 0 radical (unpaired) electrons. The molecule has 0 fully saturated rings. The maximum Gasteiger partial charge on any atom is 0.387 e. The lowest BCUT2D eigenvalue weighted by Crippen LogP contribution is -2.50. The van der Waals surface area contributed by atoms with Gasteiger partial charge in [0.25, 0.3) is 0 Å². The van der Waals surface area contributed by atoms with Crippen molar-refractivity contribution in [1.82, 2.24) is 15.5 Å². The number of guanidine groups is 1. The molecular formula is C25H30ClF2N7O2. The van der Waals surface area contributed by atoms with Crippen LogP contribution >= 0.6 is 11.6 Å². The summed E-state index contributed by atoms with van der Waals surface area (Å²) in [6, 6.07) is 4.81. The van der Waals surface area contributed by atoms with Crippen molar-refractivity contribution in [2.75, 3.05) is 32.0 Å². The zero-order chi connectivity index (χ0) is 27.8. The smallest absolute Gasteiger partial charge is 0.387 e. The predicted octanol–water partition coefficient (Wildman–Crippen LogP) is 3.68. The van der Waals surface area contributed by atoms with Gasteiger partial charge in [0.1, 0.15) is 5.75 Å². The zero-order valence-corrected chi connectivity index (χ0v) is 21.6. The number of terminal acetylenes is 1. The summed E-state index contributed by atoms with van der Waals surface area (Å²) in [7, 11) is 1.62. The second kappa shape index (κ2) is 16.7. The minimum atomic E-state index is -3.00. The number of rotatable bonds is 13. The van der Waals surface area contributed by atoms with Crippen molar-refractivity contribution in [2.24, 2.45) is 4.99 Å². The van der Waals surface area contributed by atoms with Gasteiger partial charge in [0.2, 0.25) is 11.9 Å². The van der Waals surface area contributed by atoms with Crippen molar-refractivity contribution in [3.63, 3.8) is 0 Å². The van der Waals surface area contributed by atoms with Gasteiger partial charge in [-0.15, -0.1) is 6.42 Å². The average molecular weight is 534 g/mol. The summed E-state index contributed by atoms with van der Waals surface area (Å²) in [5.74, 6) is 2.05. The molecule has 4 N–H and O–H groups in total. The van der Waals surface area contributed by atoms with Gasteiger partial charge >= 0.3 is 6.61 Å². The van der Waals surface area contributed by atoms with Crippen molar-refractivity contribution in [2.45, 2.75) is 32.9 Å². The number of anilines is 1. The van der Waals surface area contributed by atoms with Crippen LogP contribution in [0.1, 0.15) is 20.3 Å². The predicted molar refractivity (Wildman–Crippen MR) is 142 cm³/mol. The van der Waals surface area contributed by atoms with Crippen LogP contribution < -0.4 is 20.7 Å². The van der Waals surface area contributed by atoms with E-state index in [9.17, 15) is 18.8 Å². The minimum Gasteiger partial charge on any atom is -0.435 e. The molecule has 1 unspecified atom stereocenters. The highest BCUT2D eigenvalue weighted by molar-refractivity contribution is 6.29. The Balaban J connectivity index is 3.38. The number of allylic oxidation sites excluding steroid dienone is 3. The molecule has 0 aliphatic carbocycles. The Kier molecular flexibility index (Phi) is 14.0. The van der Waals surface area contributed by atoms with Gasteiger partial charge in [0.05, 0.1) is 24.8 Å². The fourth-order valence-corrected chi connectivity index (χ4v) is 3.15. The quantitative estimate of drug-likeness (QED) is 0.0765. The molecule has 0 bridgehead atoms. The summed E-state index contributed by atoms with van der Waals surface area (Å²) in [4.78, 5) is 18.6. The Hall–Kier alpha value is -3.93. The van der Waals surface area contributed by atoms with Gasteiger partial charge in [-0.25, -0.2) is 4.99 Å². The monoisotopic (exact) mass is 533 g/mol. The van der Waals surface area contributed by atoms with Crippen LogP contribution in [0.4, 0.5) is 14.5 Å². The molecule has 1 aromatic rings. The lowest BCUT2D eigenvalue weighted by Gasteiger charge is -2.30. The molecule has 1 aromatic carbocycles. The zero-order valence-electron chi connectivity index (χ0n) is 20.8. The van der Waals surface area contributed by atoms with Gasteiger partial charge in [0.15, 0.2) is 6.19 Å². The van der Waals surface area contributed by atoms with Gasteiger partial charge in [-0.1, -0.05) is 30.5 Å². The standard InChI is InChI=1S/C25H30ClF2N7O2/c1-5-17(11-12-18(26)6-2)23(30)21(35(7-3)22(36)15-31-4)14-32-25(33-16-29)34-19-9-8-10-20(13-19)37-24(27)28/h1,8-13,21,24,30-31H,6-7,14-15H2,2-4H3,(H2,32,33,34)/b17-11+,18-12+,30-23?. The number of aliphatic imine (C=N–C) groups is 1. The molecule has 37 heavy (non-hydrogen) atoms. The first-order valence-corrected chi connectivity index (χ1v) is 11.7. The van der Waals surface area contributed by atoms with Gasteiger partial charge in [-0.3, -0.25) is 10.1 Å². The molecular weight excluding hydrogens is 504 g/mol. The maximum atomic E-state index is 12.8. The Morgan fingerprint density at radius 1 is 1.38 bits per heavy atom. The third kappa shape index (κ3) is 10.7. The minimum absolute atomic E-state index is 0.0243. The van der Waals surface area contributed by atoms with Crippen LogP contribution in [0.15, 0.2) is 52.0 Å². The highest BCUT2D eigenvalue weighted by Gasteiger charge is 2.27. The molecule has 198 valence electrons. The van der Waals surface area contributed by atoms with Crippen molar-refractivity contribution in [3.05, 3.63) is 47.0 Å². The molecule has 1 amide bonds. The maximum absolute atomic E-state index is 12.8. The van der Waals surface area contributed by atoms with E-state index in [0.717, 1.165) is 0 Å². The van der Waals surface area contributed by atoms with Crippen LogP contribution in [-0.2, 0) is 4.79 Å². The first-order valence-electron chi connectivity index (χ1n) is 11.3. The summed E-state index contributed by atoms with van der Waals surface area (Å²) in [6.07, 6.45) is 11.1. The lowest BCUT2D eigenvalue weighted by atomic mass is 10.0. The van der Waals surface area contributed by atoms with E-state index in [1.165, 1.54) is 29.2 Å². The number of benzene rings is 1. The molecule has 1 rings (SSSR count). The number of likely N-dealkylation sites (N-methyl/N-ethyl adjacent to an activating group) is 2. The number of nitrogens with zero attached hydrogens (tertiary/aromatic N) is 3. The normalized spacial score (nSPS) is 12.8. The largest absolute Gasteiger partial charge is 0.435 e. The van der Waals surface area contributed by atoms with E-state index in [0.29, 0.717) is 17.1 Å². The summed E-state index contributed by atoms with van der Waals surface area (Å²) in [5, 5.41) is 26.5. The number of hydrogen-bond donors (Lipinski definition) is 4. The number of halogens is 3. The molecule has 0 heterocycles. The molecule has 0 spiro atoms. The molecule has 0 aromatic heterocycles. The van der Waals surface area contributed by atoms with Crippen molar-refractivity contribution >= 4 is 34.9 Å². The Morgan fingerprint density at radius 3 is 2.68 bits per heavy atom. The summed E-state index contributed by atoms with van der Waals surface area (Å²) in [5.41, 5.74) is 0.480. The van der Waals surface area contributed by atoms with E-state index in [1.807, 2.05) is 6.92 Å². The van der Waals surface area contributed by atoms with E-state index in [2.05, 4.69) is 31.6 Å². The number of ether oxygens (including phenoxy) is 1. The summed E-state index contributed by atoms with van der Waals surface area (Å²) >= 11 is 6.07. The molecule has 0 aliphatic rings. The molecule has 0 aliphatic heterocycles. The van der Waals surface area contributed by atoms with Crippen LogP contribution in [0.25, 0.3) is 0 Å². The molecule has 0 saturated heterocycles. The van der Waals surface area contributed by atoms with Crippen LogP contribution in [-0.4, -0.2) is 61.8 Å². The highest BCUT2D eigenvalue weighted by Crippen LogP contribution is 2.19. The van der Waals surface area contributed by atoms with Crippen LogP contribution in [0.5, 0.6) is 5.75 Å². The number of carbonyl (C=O) groups excluding carboxylic acids is 1. The van der Waals surface area contributed by atoms with Gasteiger partial charge in [-0.2, -0.15) is 14.0 Å². The van der Waals surface area contributed by atoms with E-state index < -0.39 is 12.7 Å². The van der Waals surface area contributed by atoms with Gasteiger partial charge in [0, 0.05) is 28.9 Å². The number of alkyl halides is 2. The van der Waals surface area contributed by atoms with Crippen LogP contribution in [0, 0.1) is 29.2 Å². The number of amides is 1. The first-order chi connectivity index (χ1) is 17.7. The van der Waals surface area contributed by atoms with E-state index >= 15 is 0 Å². The molecule has 0 saturated carbocycles. The lowest BCUT2D eigenvalue weighted by molar-refractivity contribution is -0.130. The average Bonchev–Trinajstić information content (AvgIpc) is 2.86. The number of carbonyl (C=O) groups is 1. The Morgan fingerprint density at radius 2 is 2.11 bits per heavy atom. The second-order valence-corrected chi connectivity index (χ2v) is 7.77. The van der Waals surface area contributed by atoms with Gasteiger partial charge < -0.3 is 25.7 Å². The fraction of sp³-hybridized carbons (Fsp3) is 0.360. The van der Waals surface area contributed by atoms with E-state index in [-0.39, 0.29) is 48.5 Å². The Bertz CT molecular complexity index is 1110. The van der Waals surface area contributed by atoms with Crippen molar-refractivity contribution < 1.29 is 18.3 Å². The van der Waals surface area contributed by atoms with E-state index in [1.54, 1.807) is 32.3 Å².